The number of ether oxygens (including phenoxy) is 1. The van der Waals surface area contributed by atoms with Crippen molar-refractivity contribution in [2.24, 2.45) is 0 Å². The number of benzene rings is 1. The van der Waals surface area contributed by atoms with Crippen LogP contribution in [-0.2, 0) is 17.0 Å². The molecule has 4 aromatic rings. The molecule has 150 valence electrons. The van der Waals surface area contributed by atoms with Crippen LogP contribution in [-0.4, -0.2) is 27.3 Å². The first-order chi connectivity index (χ1) is 14.1. The van der Waals surface area contributed by atoms with Gasteiger partial charge in [-0.3, -0.25) is 0 Å². The van der Waals surface area contributed by atoms with E-state index in [-0.39, 0.29) is 5.76 Å². The summed E-state index contributed by atoms with van der Waals surface area (Å²) >= 11 is 1.51. The summed E-state index contributed by atoms with van der Waals surface area (Å²) in [5, 5.41) is 10.4. The minimum absolute atomic E-state index is 0.244. The first-order valence-electron chi connectivity index (χ1n) is 9.42. The molecule has 0 atom stereocenters. The van der Waals surface area contributed by atoms with Gasteiger partial charge in [-0.2, -0.15) is 0 Å². The Balaban J connectivity index is 1.67. The van der Waals surface area contributed by atoms with E-state index in [1.165, 1.54) is 11.8 Å². The van der Waals surface area contributed by atoms with E-state index in [1.54, 1.807) is 13.2 Å². The molecular weight excluding hydrogens is 390 g/mol. The largest absolute Gasteiger partial charge is 0.469 e. The number of esters is 1. The molecule has 7 nitrogen and oxygen atoms in total. The molecule has 4 rings (SSSR count). The zero-order chi connectivity index (χ0) is 20.4. The van der Waals surface area contributed by atoms with Gasteiger partial charge in [0.15, 0.2) is 11.0 Å². The summed E-state index contributed by atoms with van der Waals surface area (Å²) in [5.41, 5.74) is 2.39. The number of rotatable bonds is 7. The highest BCUT2D eigenvalue weighted by Crippen LogP contribution is 2.33. The number of fused-ring (bicyclic) bond motifs is 1. The maximum atomic E-state index is 12.4. The van der Waals surface area contributed by atoms with Crippen LogP contribution >= 0.6 is 11.8 Å². The third-order valence-electron chi connectivity index (χ3n) is 4.64. The Bertz CT molecular complexity index is 1160. The van der Waals surface area contributed by atoms with Gasteiger partial charge in [0.25, 0.3) is 0 Å². The summed E-state index contributed by atoms with van der Waals surface area (Å²) in [6.07, 6.45) is 1.65. The van der Waals surface area contributed by atoms with Gasteiger partial charge in [-0.15, -0.1) is 10.2 Å². The molecule has 0 unspecified atom stereocenters. The number of aromatic nitrogens is 3. The van der Waals surface area contributed by atoms with Crippen molar-refractivity contribution in [3.8, 4) is 11.4 Å². The number of thioether (sulfide) groups is 1. The lowest BCUT2D eigenvalue weighted by Crippen LogP contribution is -2.06. The van der Waals surface area contributed by atoms with Gasteiger partial charge in [-0.25, -0.2) is 4.79 Å². The number of aryl methyl sites for hydroxylation is 1. The maximum Gasteiger partial charge on any atom is 0.374 e. The average molecular weight is 411 g/mol. The molecule has 0 saturated carbocycles. The maximum absolute atomic E-state index is 12.4. The topological polar surface area (TPSA) is 83.3 Å². The second-order valence-electron chi connectivity index (χ2n) is 6.36. The summed E-state index contributed by atoms with van der Waals surface area (Å²) < 4.78 is 18.4. The number of carbonyl (C=O) groups excluding carboxylic acids is 1. The van der Waals surface area contributed by atoms with E-state index >= 15 is 0 Å². The molecule has 0 fully saturated rings. The predicted octanol–water partition coefficient (Wildman–Crippen LogP) is 5.08. The van der Waals surface area contributed by atoms with Crippen molar-refractivity contribution in [3.05, 3.63) is 53.7 Å². The van der Waals surface area contributed by atoms with Crippen LogP contribution in [0.15, 0.2) is 50.6 Å². The number of para-hydroxylation sites is 1. The van der Waals surface area contributed by atoms with Crippen molar-refractivity contribution >= 4 is 28.7 Å². The van der Waals surface area contributed by atoms with Crippen LogP contribution in [0.2, 0.25) is 0 Å². The summed E-state index contributed by atoms with van der Waals surface area (Å²) in [6, 6.07) is 9.49. The Morgan fingerprint density at radius 2 is 2.03 bits per heavy atom. The molecule has 0 N–H and O–H groups in total. The second kappa shape index (κ2) is 8.16. The molecule has 8 heteroatoms. The minimum atomic E-state index is -0.453. The number of nitrogens with zero attached hydrogens (tertiary/aromatic N) is 3. The highest BCUT2D eigenvalue weighted by atomic mass is 32.2. The van der Waals surface area contributed by atoms with Gasteiger partial charge in [0.05, 0.1) is 18.4 Å². The Labute approximate surface area is 172 Å². The van der Waals surface area contributed by atoms with E-state index in [2.05, 4.69) is 10.2 Å². The molecule has 0 aliphatic heterocycles. The number of furan rings is 2. The molecule has 0 amide bonds. The van der Waals surface area contributed by atoms with Gasteiger partial charge in [-0.1, -0.05) is 30.0 Å². The van der Waals surface area contributed by atoms with E-state index in [0.29, 0.717) is 24.5 Å². The predicted molar refractivity (Wildman–Crippen MR) is 110 cm³/mol. The minimum Gasteiger partial charge on any atom is -0.469 e. The zero-order valence-corrected chi connectivity index (χ0v) is 17.3. The standard InChI is InChI=1S/C21H21N3O4S/c1-4-24-19(14-10-11-27-13(14)3)22-23-21(24)29-12-16-15-8-6-7-9-17(15)28-18(16)20(25)26-5-2/h6-11H,4-5,12H2,1-3H3. The van der Waals surface area contributed by atoms with Crippen LogP contribution in [0.1, 0.15) is 35.7 Å². The van der Waals surface area contributed by atoms with E-state index in [4.69, 9.17) is 13.6 Å². The van der Waals surface area contributed by atoms with Crippen molar-refractivity contribution in [3.63, 3.8) is 0 Å². The van der Waals surface area contributed by atoms with Gasteiger partial charge in [-0.05, 0) is 32.9 Å². The number of carbonyl (C=O) groups is 1. The smallest absolute Gasteiger partial charge is 0.374 e. The van der Waals surface area contributed by atoms with E-state index in [0.717, 1.165) is 33.3 Å². The first-order valence-corrected chi connectivity index (χ1v) is 10.4. The van der Waals surface area contributed by atoms with Gasteiger partial charge in [0, 0.05) is 23.2 Å². The third-order valence-corrected chi connectivity index (χ3v) is 5.63. The lowest BCUT2D eigenvalue weighted by Gasteiger charge is -2.07. The fourth-order valence-corrected chi connectivity index (χ4v) is 4.27. The van der Waals surface area contributed by atoms with E-state index in [1.807, 2.05) is 48.7 Å². The van der Waals surface area contributed by atoms with Gasteiger partial charge >= 0.3 is 5.97 Å². The average Bonchev–Trinajstić information content (AvgIpc) is 3.42. The van der Waals surface area contributed by atoms with Gasteiger partial charge in [0.1, 0.15) is 11.3 Å². The zero-order valence-electron chi connectivity index (χ0n) is 16.5. The third kappa shape index (κ3) is 3.55. The molecule has 0 saturated heterocycles. The lowest BCUT2D eigenvalue weighted by molar-refractivity contribution is 0.0491. The summed E-state index contributed by atoms with van der Waals surface area (Å²) in [7, 11) is 0. The summed E-state index contributed by atoms with van der Waals surface area (Å²) in [4.78, 5) is 12.4. The number of hydrogen-bond acceptors (Lipinski definition) is 7. The monoisotopic (exact) mass is 411 g/mol. The Morgan fingerprint density at radius 3 is 2.76 bits per heavy atom. The molecule has 29 heavy (non-hydrogen) atoms. The molecule has 0 radical (unpaired) electrons. The summed E-state index contributed by atoms with van der Waals surface area (Å²) in [5.74, 6) is 1.87. The lowest BCUT2D eigenvalue weighted by atomic mass is 10.1. The Kier molecular flexibility index (Phi) is 5.44. The van der Waals surface area contributed by atoms with Gasteiger partial charge < -0.3 is 18.1 Å². The fourth-order valence-electron chi connectivity index (χ4n) is 3.24. The highest BCUT2D eigenvalue weighted by molar-refractivity contribution is 7.98. The Morgan fingerprint density at radius 1 is 1.21 bits per heavy atom. The van der Waals surface area contributed by atoms with Crippen molar-refractivity contribution < 1.29 is 18.4 Å². The molecule has 0 aliphatic carbocycles. The summed E-state index contributed by atoms with van der Waals surface area (Å²) in [6.45, 7) is 6.73. The van der Waals surface area contributed by atoms with Crippen LogP contribution in [0.25, 0.3) is 22.4 Å². The van der Waals surface area contributed by atoms with Crippen molar-refractivity contribution in [2.45, 2.75) is 38.2 Å². The van der Waals surface area contributed by atoms with Crippen LogP contribution in [0.4, 0.5) is 0 Å². The van der Waals surface area contributed by atoms with E-state index in [9.17, 15) is 4.79 Å². The fraction of sp³-hybridized carbons (Fsp3) is 0.286. The van der Waals surface area contributed by atoms with Crippen molar-refractivity contribution in [2.75, 3.05) is 6.61 Å². The molecule has 3 heterocycles. The van der Waals surface area contributed by atoms with Crippen LogP contribution in [0.3, 0.4) is 0 Å². The quantitative estimate of drug-likeness (QED) is 0.310. The second-order valence-corrected chi connectivity index (χ2v) is 7.30. The Hall–Kier alpha value is -3.00. The molecule has 1 aromatic carbocycles. The first kappa shape index (κ1) is 19.3. The molecule has 0 bridgehead atoms. The highest BCUT2D eigenvalue weighted by Gasteiger charge is 2.23. The normalized spacial score (nSPS) is 11.3. The van der Waals surface area contributed by atoms with Crippen LogP contribution in [0.5, 0.6) is 0 Å². The molecular formula is C21H21N3O4S. The molecule has 0 spiro atoms. The van der Waals surface area contributed by atoms with E-state index < -0.39 is 5.97 Å². The molecule has 3 aromatic heterocycles. The van der Waals surface area contributed by atoms with Gasteiger partial charge in [0.2, 0.25) is 5.76 Å². The SMILES string of the molecule is CCOC(=O)c1oc2ccccc2c1CSc1nnc(-c2ccoc2C)n1CC. The number of hydrogen-bond donors (Lipinski definition) is 0. The van der Waals surface area contributed by atoms with Crippen molar-refractivity contribution in [1.29, 1.82) is 0 Å². The van der Waals surface area contributed by atoms with Crippen LogP contribution in [0, 0.1) is 6.92 Å². The van der Waals surface area contributed by atoms with Crippen LogP contribution < -0.4 is 0 Å². The molecule has 0 aliphatic rings. The van der Waals surface area contributed by atoms with Crippen molar-refractivity contribution in [1.82, 2.24) is 14.8 Å².